The first-order valence-corrected chi connectivity index (χ1v) is 7.12. The Morgan fingerprint density at radius 3 is 2.79 bits per heavy atom. The molecule has 0 amide bonds. The number of rotatable bonds is 2. The van der Waals surface area contributed by atoms with E-state index in [0.717, 1.165) is 44.3 Å². The largest absolute Gasteiger partial charge is 0.489 e. The molecule has 0 unspecified atom stereocenters. The molecule has 3 rings (SSSR count). The lowest BCUT2D eigenvalue weighted by Crippen LogP contribution is -2.28. The normalized spacial score (nSPS) is 20.1. The molecular formula is C15H20FNO2. The second-order valence-corrected chi connectivity index (χ2v) is 5.31. The third kappa shape index (κ3) is 2.84. The fraction of sp³-hybridized carbons (Fsp3) is 0.600. The number of nitrogens with one attached hydrogen (secondary N) is 1. The van der Waals surface area contributed by atoms with Crippen molar-refractivity contribution >= 4 is 0 Å². The van der Waals surface area contributed by atoms with Crippen LogP contribution in [0.2, 0.25) is 0 Å². The molecule has 4 heteroatoms. The summed E-state index contributed by atoms with van der Waals surface area (Å²) in [4.78, 5) is 0. The smallest absolute Gasteiger partial charge is 0.197 e. The average molecular weight is 265 g/mol. The molecule has 19 heavy (non-hydrogen) atoms. The lowest BCUT2D eigenvalue weighted by Gasteiger charge is -2.23. The van der Waals surface area contributed by atoms with Gasteiger partial charge in [-0.25, -0.2) is 4.39 Å². The molecule has 1 aromatic rings. The van der Waals surface area contributed by atoms with Crippen LogP contribution in [0.15, 0.2) is 12.1 Å². The van der Waals surface area contributed by atoms with Gasteiger partial charge in [-0.15, -0.1) is 0 Å². The van der Waals surface area contributed by atoms with E-state index in [9.17, 15) is 4.39 Å². The Balaban J connectivity index is 1.80. The van der Waals surface area contributed by atoms with E-state index in [0.29, 0.717) is 30.6 Å². The Morgan fingerprint density at radius 1 is 1.16 bits per heavy atom. The van der Waals surface area contributed by atoms with Crippen LogP contribution in [0, 0.1) is 11.7 Å². The van der Waals surface area contributed by atoms with Crippen molar-refractivity contribution in [1.82, 2.24) is 5.32 Å². The number of benzene rings is 1. The molecule has 1 saturated heterocycles. The minimum atomic E-state index is -0.224. The summed E-state index contributed by atoms with van der Waals surface area (Å²) in [5, 5.41) is 3.33. The molecule has 0 spiro atoms. The van der Waals surface area contributed by atoms with E-state index in [1.807, 2.05) is 12.1 Å². The van der Waals surface area contributed by atoms with E-state index in [-0.39, 0.29) is 5.82 Å². The quantitative estimate of drug-likeness (QED) is 0.891. The molecule has 2 aliphatic heterocycles. The molecule has 1 fully saturated rings. The Hall–Kier alpha value is -1.29. The molecule has 3 nitrogen and oxygen atoms in total. The van der Waals surface area contributed by atoms with Gasteiger partial charge in [-0.1, -0.05) is 6.07 Å². The summed E-state index contributed by atoms with van der Waals surface area (Å²) in [5.41, 5.74) is 0.760. The minimum absolute atomic E-state index is 0.224. The van der Waals surface area contributed by atoms with E-state index >= 15 is 0 Å². The van der Waals surface area contributed by atoms with E-state index in [4.69, 9.17) is 9.47 Å². The van der Waals surface area contributed by atoms with Gasteiger partial charge in [0.15, 0.2) is 17.3 Å². The fourth-order valence-electron chi connectivity index (χ4n) is 2.80. The third-order valence-electron chi connectivity index (χ3n) is 3.90. The van der Waals surface area contributed by atoms with Gasteiger partial charge in [0.05, 0.1) is 13.2 Å². The zero-order valence-corrected chi connectivity index (χ0v) is 11.1. The van der Waals surface area contributed by atoms with E-state index in [1.54, 1.807) is 0 Å². The monoisotopic (exact) mass is 265 g/mol. The predicted molar refractivity (Wildman–Crippen MR) is 71.3 cm³/mol. The lowest BCUT2D eigenvalue weighted by molar-refractivity contribution is 0.291. The first kappa shape index (κ1) is 12.7. The number of halogens is 1. The van der Waals surface area contributed by atoms with Crippen molar-refractivity contribution in [1.29, 1.82) is 0 Å². The second-order valence-electron chi connectivity index (χ2n) is 5.31. The molecule has 0 bridgehead atoms. The zero-order valence-electron chi connectivity index (χ0n) is 11.1. The maximum atomic E-state index is 14.5. The average Bonchev–Trinajstić information content (AvgIpc) is 2.69. The highest BCUT2D eigenvalue weighted by Crippen LogP contribution is 2.35. The summed E-state index contributed by atoms with van der Waals surface area (Å²) in [6.45, 7) is 3.20. The van der Waals surface area contributed by atoms with Gasteiger partial charge in [0.2, 0.25) is 0 Å². The molecule has 0 radical (unpaired) electrons. The molecule has 104 valence electrons. The van der Waals surface area contributed by atoms with Crippen molar-refractivity contribution in [3.63, 3.8) is 0 Å². The minimum Gasteiger partial charge on any atom is -0.489 e. The van der Waals surface area contributed by atoms with Gasteiger partial charge in [0.25, 0.3) is 0 Å². The molecule has 0 aromatic heterocycles. The summed E-state index contributed by atoms with van der Waals surface area (Å²) in [7, 11) is 0. The van der Waals surface area contributed by atoms with Gasteiger partial charge in [-0.05, 0) is 49.9 Å². The molecule has 0 saturated carbocycles. The van der Waals surface area contributed by atoms with Crippen LogP contribution in [0.25, 0.3) is 0 Å². The van der Waals surface area contributed by atoms with Crippen LogP contribution in [0.5, 0.6) is 11.5 Å². The van der Waals surface area contributed by atoms with Crippen molar-refractivity contribution in [2.45, 2.75) is 25.7 Å². The van der Waals surface area contributed by atoms with Crippen LogP contribution < -0.4 is 14.8 Å². The Labute approximate surface area is 113 Å². The maximum absolute atomic E-state index is 14.5. The third-order valence-corrected chi connectivity index (χ3v) is 3.90. The molecule has 0 atom stereocenters. The molecule has 2 heterocycles. The Bertz CT molecular complexity index is 444. The topological polar surface area (TPSA) is 30.5 Å². The van der Waals surface area contributed by atoms with E-state index in [2.05, 4.69) is 5.32 Å². The molecule has 2 aliphatic rings. The van der Waals surface area contributed by atoms with Crippen molar-refractivity contribution in [3.05, 3.63) is 23.5 Å². The van der Waals surface area contributed by atoms with Crippen LogP contribution in [0.3, 0.4) is 0 Å². The Morgan fingerprint density at radius 2 is 1.95 bits per heavy atom. The number of piperidine rings is 1. The lowest BCUT2D eigenvalue weighted by atomic mass is 9.90. The second kappa shape index (κ2) is 5.78. The van der Waals surface area contributed by atoms with E-state index < -0.39 is 0 Å². The zero-order chi connectivity index (χ0) is 13.1. The van der Waals surface area contributed by atoms with Gasteiger partial charge in [-0.2, -0.15) is 0 Å². The highest BCUT2D eigenvalue weighted by molar-refractivity contribution is 5.45. The van der Waals surface area contributed by atoms with Crippen molar-refractivity contribution < 1.29 is 13.9 Å². The predicted octanol–water partition coefficient (Wildman–Crippen LogP) is 2.53. The number of ether oxygens (including phenoxy) is 2. The molecule has 1 aromatic carbocycles. The summed E-state index contributed by atoms with van der Waals surface area (Å²) < 4.78 is 25.5. The summed E-state index contributed by atoms with van der Waals surface area (Å²) in [6.07, 6.45) is 3.84. The van der Waals surface area contributed by atoms with Crippen molar-refractivity contribution in [2.75, 3.05) is 26.3 Å². The standard InChI is InChI=1S/C15H20FNO2/c16-14-12(10-11-4-6-17-7-5-11)2-3-13-15(14)19-9-1-8-18-13/h2-3,11,17H,1,4-10H2. The number of hydrogen-bond donors (Lipinski definition) is 1. The van der Waals surface area contributed by atoms with Gasteiger partial charge in [-0.3, -0.25) is 0 Å². The van der Waals surface area contributed by atoms with Crippen LogP contribution >= 0.6 is 0 Å². The summed E-state index contributed by atoms with van der Waals surface area (Å²) >= 11 is 0. The number of hydrogen-bond acceptors (Lipinski definition) is 3. The summed E-state index contributed by atoms with van der Waals surface area (Å²) in [5.74, 6) is 1.20. The van der Waals surface area contributed by atoms with E-state index in [1.165, 1.54) is 0 Å². The highest BCUT2D eigenvalue weighted by atomic mass is 19.1. The first-order chi connectivity index (χ1) is 9.34. The molecule has 0 aliphatic carbocycles. The van der Waals surface area contributed by atoms with Crippen LogP contribution in [-0.4, -0.2) is 26.3 Å². The SMILES string of the molecule is Fc1c(CC2CCNCC2)ccc2c1OCCCO2. The van der Waals surface area contributed by atoms with Crippen molar-refractivity contribution in [2.24, 2.45) is 5.92 Å². The molecular weight excluding hydrogens is 245 g/mol. The van der Waals surface area contributed by atoms with Crippen LogP contribution in [0.4, 0.5) is 4.39 Å². The van der Waals surface area contributed by atoms with Crippen LogP contribution in [0.1, 0.15) is 24.8 Å². The van der Waals surface area contributed by atoms with Gasteiger partial charge >= 0.3 is 0 Å². The van der Waals surface area contributed by atoms with Crippen LogP contribution in [-0.2, 0) is 6.42 Å². The Kier molecular flexibility index (Phi) is 3.87. The first-order valence-electron chi connectivity index (χ1n) is 7.12. The van der Waals surface area contributed by atoms with Crippen molar-refractivity contribution in [3.8, 4) is 11.5 Å². The van der Waals surface area contributed by atoms with Gasteiger partial charge in [0, 0.05) is 6.42 Å². The summed E-state index contributed by atoms with van der Waals surface area (Å²) in [6, 6.07) is 3.70. The van der Waals surface area contributed by atoms with Gasteiger partial charge < -0.3 is 14.8 Å². The molecule has 1 N–H and O–H groups in total. The maximum Gasteiger partial charge on any atom is 0.197 e. The van der Waals surface area contributed by atoms with Gasteiger partial charge in [0.1, 0.15) is 0 Å². The fourth-order valence-corrected chi connectivity index (χ4v) is 2.80. The number of fused-ring (bicyclic) bond motifs is 1. The highest BCUT2D eigenvalue weighted by Gasteiger charge is 2.21.